The Kier molecular flexibility index (Phi) is 4.63. The van der Waals surface area contributed by atoms with Crippen molar-refractivity contribution >= 4 is 23.8 Å². The molecule has 158 valence electrons. The number of hydrogen-bond donors (Lipinski definition) is 2. The summed E-state index contributed by atoms with van der Waals surface area (Å²) in [6.45, 7) is 4.09. The number of carboxylic acids is 1. The molecule has 3 rings (SSSR count). The molecule has 2 N–H and O–H groups in total. The zero-order valence-corrected chi connectivity index (χ0v) is 15.7. The van der Waals surface area contributed by atoms with Crippen LogP contribution in [0.1, 0.15) is 32.8 Å². The van der Waals surface area contributed by atoms with Crippen LogP contribution in [0.15, 0.2) is 12.3 Å². The van der Waals surface area contributed by atoms with Gasteiger partial charge in [0.05, 0.1) is 6.54 Å². The number of fused-ring (bicyclic) bond motifs is 1. The quantitative estimate of drug-likeness (QED) is 0.720. The normalized spacial score (nSPS) is 24.0. The Labute approximate surface area is 162 Å². The molecule has 3 heterocycles. The molecule has 2 aliphatic heterocycles. The third-order valence-electron chi connectivity index (χ3n) is 4.39. The van der Waals surface area contributed by atoms with E-state index in [1.807, 2.05) is 0 Å². The summed E-state index contributed by atoms with van der Waals surface area (Å²) in [5.41, 5.74) is -4.16. The van der Waals surface area contributed by atoms with Gasteiger partial charge in [0.15, 0.2) is 11.6 Å². The Morgan fingerprint density at radius 2 is 2.03 bits per heavy atom. The van der Waals surface area contributed by atoms with Crippen molar-refractivity contribution in [2.24, 2.45) is 0 Å². The molecule has 0 saturated carbocycles. The Morgan fingerprint density at radius 3 is 2.59 bits per heavy atom. The second kappa shape index (κ2) is 6.49. The summed E-state index contributed by atoms with van der Waals surface area (Å²) in [5, 5.41) is 11.7. The number of rotatable bonds is 1. The maximum Gasteiger partial charge on any atom is 0.420 e. The summed E-state index contributed by atoms with van der Waals surface area (Å²) in [6, 6.07) is -0.845. The fraction of sp³-hybridized carbons (Fsp3) is 0.529. The van der Waals surface area contributed by atoms with Gasteiger partial charge in [-0.25, -0.2) is 14.6 Å². The van der Waals surface area contributed by atoms with Gasteiger partial charge in [-0.2, -0.15) is 13.2 Å². The van der Waals surface area contributed by atoms with Gasteiger partial charge in [0, 0.05) is 12.6 Å². The number of nitrogens with zero attached hydrogens (tertiary/aromatic N) is 2. The van der Waals surface area contributed by atoms with Crippen molar-refractivity contribution in [2.75, 3.05) is 11.9 Å². The van der Waals surface area contributed by atoms with Crippen LogP contribution in [-0.4, -0.2) is 56.7 Å². The first-order chi connectivity index (χ1) is 13.2. The number of hydrogen-bond acceptors (Lipinski definition) is 6. The number of likely N-dealkylation sites (tertiary alicyclic amines) is 1. The SMILES string of the molecule is CC(C)(C)OC(=O)N1C[C@@]2(C[C@H]1C(=O)O)Oc1c(C(F)(F)F)ccnc1NC2=O. The average Bonchev–Trinajstić information content (AvgIpc) is 2.94. The molecule has 2 amide bonds. The molecule has 9 nitrogen and oxygen atoms in total. The summed E-state index contributed by atoms with van der Waals surface area (Å²) < 4.78 is 50.6. The highest BCUT2D eigenvalue weighted by Gasteiger charge is 2.59. The highest BCUT2D eigenvalue weighted by molar-refractivity contribution is 6.02. The molecule has 1 saturated heterocycles. The van der Waals surface area contributed by atoms with E-state index in [2.05, 4.69) is 10.3 Å². The minimum atomic E-state index is -4.80. The standard InChI is InChI=1S/C17H18F3N3O6/c1-15(2,3)29-14(27)23-7-16(6-9(23)12(24)25)13(26)22-11-10(28-16)8(4-5-21-11)17(18,19)20/h4-5,9H,6-7H2,1-3H3,(H,24,25)(H,21,22,26)/t9-,16+/m0/s1. The van der Waals surface area contributed by atoms with Crippen LogP contribution >= 0.6 is 0 Å². The monoisotopic (exact) mass is 417 g/mol. The molecule has 2 aliphatic rings. The number of ether oxygens (including phenoxy) is 2. The van der Waals surface area contributed by atoms with Crippen LogP contribution in [0.2, 0.25) is 0 Å². The minimum Gasteiger partial charge on any atom is -0.480 e. The van der Waals surface area contributed by atoms with Crippen LogP contribution in [0, 0.1) is 0 Å². The fourth-order valence-electron chi connectivity index (χ4n) is 3.17. The van der Waals surface area contributed by atoms with Gasteiger partial charge in [-0.3, -0.25) is 9.69 Å². The zero-order valence-electron chi connectivity index (χ0n) is 15.7. The Balaban J connectivity index is 2.00. The lowest BCUT2D eigenvalue weighted by Gasteiger charge is -2.34. The maximum atomic E-state index is 13.3. The van der Waals surface area contributed by atoms with E-state index in [0.717, 1.165) is 11.1 Å². The van der Waals surface area contributed by atoms with Gasteiger partial charge >= 0.3 is 18.2 Å². The first-order valence-corrected chi connectivity index (χ1v) is 8.53. The Bertz CT molecular complexity index is 882. The number of carbonyl (C=O) groups excluding carboxylic acids is 2. The molecule has 0 aromatic carbocycles. The predicted octanol–water partition coefficient (Wildman–Crippen LogP) is 2.26. The van der Waals surface area contributed by atoms with E-state index in [9.17, 15) is 32.7 Å². The lowest BCUT2D eigenvalue weighted by Crippen LogP contribution is -2.53. The van der Waals surface area contributed by atoms with E-state index in [-0.39, 0.29) is 0 Å². The summed E-state index contributed by atoms with van der Waals surface area (Å²) >= 11 is 0. The number of alkyl halides is 3. The number of carboxylic acid groups (broad SMARTS) is 1. The third kappa shape index (κ3) is 3.78. The summed E-state index contributed by atoms with van der Waals surface area (Å²) in [4.78, 5) is 41.2. The van der Waals surface area contributed by atoms with Gasteiger partial charge in [-0.1, -0.05) is 0 Å². The van der Waals surface area contributed by atoms with Crippen LogP contribution in [0.3, 0.4) is 0 Å². The van der Waals surface area contributed by atoms with E-state index < -0.39 is 71.5 Å². The number of nitrogens with one attached hydrogen (secondary N) is 1. The van der Waals surface area contributed by atoms with Crippen molar-refractivity contribution in [3.8, 4) is 5.75 Å². The molecule has 1 fully saturated rings. The van der Waals surface area contributed by atoms with E-state index in [4.69, 9.17) is 9.47 Å². The van der Waals surface area contributed by atoms with Crippen LogP contribution in [0.5, 0.6) is 5.75 Å². The van der Waals surface area contributed by atoms with Crippen molar-refractivity contribution in [1.82, 2.24) is 9.88 Å². The van der Waals surface area contributed by atoms with Crippen LogP contribution in [0.25, 0.3) is 0 Å². The van der Waals surface area contributed by atoms with E-state index in [1.54, 1.807) is 20.8 Å². The fourth-order valence-corrected chi connectivity index (χ4v) is 3.17. The molecular weight excluding hydrogens is 399 g/mol. The first-order valence-electron chi connectivity index (χ1n) is 8.53. The van der Waals surface area contributed by atoms with Gasteiger partial charge < -0.3 is 19.9 Å². The zero-order chi connectivity index (χ0) is 21.8. The number of aliphatic carboxylic acids is 1. The van der Waals surface area contributed by atoms with E-state index in [1.165, 1.54) is 0 Å². The molecule has 2 atom stereocenters. The predicted molar refractivity (Wildman–Crippen MR) is 90.2 cm³/mol. The summed E-state index contributed by atoms with van der Waals surface area (Å²) in [7, 11) is 0. The number of aromatic nitrogens is 1. The number of pyridine rings is 1. The first kappa shape index (κ1) is 20.7. The molecule has 0 radical (unpaired) electrons. The van der Waals surface area contributed by atoms with Crippen LogP contribution < -0.4 is 10.1 Å². The molecule has 1 spiro atoms. The molecular formula is C17H18F3N3O6. The Hall–Kier alpha value is -3.05. The van der Waals surface area contributed by atoms with Crippen molar-refractivity contribution in [3.05, 3.63) is 17.8 Å². The van der Waals surface area contributed by atoms with Crippen molar-refractivity contribution in [1.29, 1.82) is 0 Å². The molecule has 0 bridgehead atoms. The second-order valence-electron chi connectivity index (χ2n) is 7.75. The van der Waals surface area contributed by atoms with Crippen molar-refractivity contribution in [3.63, 3.8) is 0 Å². The van der Waals surface area contributed by atoms with E-state index in [0.29, 0.717) is 6.07 Å². The largest absolute Gasteiger partial charge is 0.480 e. The van der Waals surface area contributed by atoms with Gasteiger partial charge in [0.1, 0.15) is 17.2 Å². The summed E-state index contributed by atoms with van der Waals surface area (Å²) in [6.07, 6.45) is -5.51. The number of halogens is 3. The summed E-state index contributed by atoms with van der Waals surface area (Å²) in [5.74, 6) is -3.50. The number of carbonyl (C=O) groups is 3. The average molecular weight is 417 g/mol. The molecule has 29 heavy (non-hydrogen) atoms. The maximum absolute atomic E-state index is 13.3. The topological polar surface area (TPSA) is 118 Å². The molecule has 0 aliphatic carbocycles. The third-order valence-corrected chi connectivity index (χ3v) is 4.39. The molecule has 0 unspecified atom stereocenters. The molecule has 1 aromatic heterocycles. The minimum absolute atomic E-state index is 0.432. The molecule has 12 heteroatoms. The van der Waals surface area contributed by atoms with Gasteiger partial charge in [0.2, 0.25) is 5.60 Å². The highest BCUT2D eigenvalue weighted by atomic mass is 19.4. The number of anilines is 1. The lowest BCUT2D eigenvalue weighted by molar-refractivity contribution is -0.144. The Morgan fingerprint density at radius 1 is 1.38 bits per heavy atom. The van der Waals surface area contributed by atoms with Crippen LogP contribution in [-0.2, 0) is 20.5 Å². The molecule has 1 aromatic rings. The van der Waals surface area contributed by atoms with Gasteiger partial charge in [0.25, 0.3) is 5.91 Å². The van der Waals surface area contributed by atoms with Crippen molar-refractivity contribution < 1.29 is 42.1 Å². The van der Waals surface area contributed by atoms with E-state index >= 15 is 0 Å². The van der Waals surface area contributed by atoms with Crippen molar-refractivity contribution in [2.45, 2.75) is 50.6 Å². The highest BCUT2D eigenvalue weighted by Crippen LogP contribution is 2.46. The number of amides is 2. The smallest absolute Gasteiger partial charge is 0.420 e. The lowest BCUT2D eigenvalue weighted by atomic mass is 9.96. The van der Waals surface area contributed by atoms with Gasteiger partial charge in [-0.05, 0) is 26.8 Å². The van der Waals surface area contributed by atoms with Crippen LogP contribution in [0.4, 0.5) is 23.8 Å². The van der Waals surface area contributed by atoms with Gasteiger partial charge in [-0.15, -0.1) is 0 Å². The second-order valence-corrected chi connectivity index (χ2v) is 7.75.